The van der Waals surface area contributed by atoms with Crippen LogP contribution in [0, 0.1) is 0 Å². The second-order valence-electron chi connectivity index (χ2n) is 5.21. The van der Waals surface area contributed by atoms with E-state index in [1.807, 2.05) is 24.3 Å². The molecule has 1 aromatic heterocycles. The second-order valence-corrected chi connectivity index (χ2v) is 5.99. The quantitative estimate of drug-likeness (QED) is 0.897. The number of rotatable bonds is 4. The van der Waals surface area contributed by atoms with Crippen LogP contribution in [0.5, 0.6) is 0 Å². The van der Waals surface area contributed by atoms with Crippen LogP contribution in [0.1, 0.15) is 32.1 Å². The Labute approximate surface area is 115 Å². The van der Waals surface area contributed by atoms with E-state index in [9.17, 15) is 4.79 Å². The minimum absolute atomic E-state index is 0.180. The minimum atomic E-state index is -0.733. The summed E-state index contributed by atoms with van der Waals surface area (Å²) >= 11 is 1.42. The van der Waals surface area contributed by atoms with Crippen molar-refractivity contribution in [2.75, 3.05) is 5.32 Å². The average Bonchev–Trinajstić information content (AvgIpc) is 2.98. The minimum Gasteiger partial charge on any atom is -0.481 e. The lowest BCUT2D eigenvalue weighted by molar-refractivity contribution is -0.138. The van der Waals surface area contributed by atoms with Crippen molar-refractivity contribution in [3.63, 3.8) is 0 Å². The molecule has 1 fully saturated rings. The largest absolute Gasteiger partial charge is 0.481 e. The van der Waals surface area contributed by atoms with Crippen molar-refractivity contribution in [1.82, 2.24) is 4.37 Å². The molecule has 0 spiro atoms. The summed E-state index contributed by atoms with van der Waals surface area (Å²) in [6.07, 6.45) is 4.21. The number of hydrogen-bond donors (Lipinski definition) is 2. The smallest absolute Gasteiger partial charge is 0.305 e. The lowest BCUT2D eigenvalue weighted by Crippen LogP contribution is -2.37. The van der Waals surface area contributed by atoms with E-state index < -0.39 is 5.97 Å². The van der Waals surface area contributed by atoms with Gasteiger partial charge in [0.25, 0.3) is 0 Å². The van der Waals surface area contributed by atoms with Crippen LogP contribution in [0.2, 0.25) is 0 Å². The number of carboxylic acid groups (broad SMARTS) is 1. The molecule has 0 radical (unpaired) electrons. The zero-order valence-corrected chi connectivity index (χ0v) is 11.4. The maximum absolute atomic E-state index is 11.1. The number of hydrogen-bond acceptors (Lipinski definition) is 4. The molecule has 4 nitrogen and oxygen atoms in total. The van der Waals surface area contributed by atoms with Gasteiger partial charge in [-0.1, -0.05) is 25.0 Å². The van der Waals surface area contributed by atoms with Gasteiger partial charge in [-0.2, -0.15) is 4.37 Å². The van der Waals surface area contributed by atoms with Gasteiger partial charge >= 0.3 is 5.97 Å². The Morgan fingerprint density at radius 3 is 2.84 bits per heavy atom. The summed E-state index contributed by atoms with van der Waals surface area (Å²) in [4.78, 5) is 11.1. The highest BCUT2D eigenvalue weighted by atomic mass is 32.1. The van der Waals surface area contributed by atoms with E-state index in [0.29, 0.717) is 0 Å². The van der Waals surface area contributed by atoms with E-state index in [1.54, 1.807) is 0 Å². The molecule has 1 aliphatic carbocycles. The molecule has 3 rings (SSSR count). The first kappa shape index (κ1) is 12.4. The van der Waals surface area contributed by atoms with Crippen molar-refractivity contribution in [1.29, 1.82) is 0 Å². The van der Waals surface area contributed by atoms with Gasteiger partial charge in [0.2, 0.25) is 0 Å². The first-order chi connectivity index (χ1) is 9.19. The van der Waals surface area contributed by atoms with Gasteiger partial charge in [-0.25, -0.2) is 0 Å². The summed E-state index contributed by atoms with van der Waals surface area (Å²) in [5.74, 6) is -0.733. The molecule has 2 N–H and O–H groups in total. The van der Waals surface area contributed by atoms with Crippen LogP contribution in [0.15, 0.2) is 24.3 Å². The maximum atomic E-state index is 11.1. The molecule has 5 heteroatoms. The molecule has 2 aromatic rings. The number of carboxylic acids is 1. The van der Waals surface area contributed by atoms with E-state index in [-0.39, 0.29) is 12.0 Å². The third-order valence-electron chi connectivity index (χ3n) is 3.81. The van der Waals surface area contributed by atoms with Crippen molar-refractivity contribution < 1.29 is 9.90 Å². The van der Waals surface area contributed by atoms with Crippen LogP contribution in [0.3, 0.4) is 0 Å². The summed E-state index contributed by atoms with van der Waals surface area (Å²) in [5.41, 5.74) is 0.680. The highest BCUT2D eigenvalue weighted by Gasteiger charge is 2.36. The number of aliphatic carboxylic acids is 1. The Kier molecular flexibility index (Phi) is 3.14. The topological polar surface area (TPSA) is 62.2 Å². The Hall–Kier alpha value is -1.62. The van der Waals surface area contributed by atoms with Crippen molar-refractivity contribution >= 4 is 33.4 Å². The van der Waals surface area contributed by atoms with Crippen LogP contribution in [0.25, 0.3) is 10.9 Å². The van der Waals surface area contributed by atoms with Crippen molar-refractivity contribution in [3.05, 3.63) is 24.3 Å². The molecular weight excluding hydrogens is 260 g/mol. The van der Waals surface area contributed by atoms with Gasteiger partial charge in [0.1, 0.15) is 5.00 Å². The molecule has 19 heavy (non-hydrogen) atoms. The first-order valence-corrected chi connectivity index (χ1v) is 7.30. The van der Waals surface area contributed by atoms with Crippen molar-refractivity contribution in [3.8, 4) is 0 Å². The van der Waals surface area contributed by atoms with Gasteiger partial charge in [-0.15, -0.1) is 0 Å². The molecule has 0 aliphatic heterocycles. The van der Waals surface area contributed by atoms with E-state index in [1.165, 1.54) is 11.5 Å². The third-order valence-corrected chi connectivity index (χ3v) is 4.61. The van der Waals surface area contributed by atoms with Crippen LogP contribution >= 0.6 is 11.5 Å². The second kappa shape index (κ2) is 4.81. The Bertz CT molecular complexity index is 602. The van der Waals surface area contributed by atoms with Crippen LogP contribution in [-0.4, -0.2) is 21.0 Å². The maximum Gasteiger partial charge on any atom is 0.305 e. The summed E-state index contributed by atoms with van der Waals surface area (Å²) in [5, 5.41) is 14.7. The summed E-state index contributed by atoms with van der Waals surface area (Å²) in [6, 6.07) is 7.97. The van der Waals surface area contributed by atoms with Crippen molar-refractivity contribution in [2.45, 2.75) is 37.6 Å². The number of carbonyl (C=O) groups is 1. The molecule has 100 valence electrons. The van der Waals surface area contributed by atoms with Gasteiger partial charge in [0.05, 0.1) is 11.9 Å². The molecule has 1 aromatic carbocycles. The third kappa shape index (κ3) is 2.42. The number of fused-ring (bicyclic) bond motifs is 1. The Balaban J connectivity index is 1.91. The van der Waals surface area contributed by atoms with Gasteiger partial charge < -0.3 is 10.4 Å². The number of aromatic nitrogens is 1. The van der Waals surface area contributed by atoms with Gasteiger partial charge in [-0.05, 0) is 36.5 Å². The van der Waals surface area contributed by atoms with E-state index in [0.717, 1.165) is 41.6 Å². The number of nitrogens with zero attached hydrogens (tertiary/aromatic N) is 1. The Morgan fingerprint density at radius 2 is 2.11 bits per heavy atom. The lowest BCUT2D eigenvalue weighted by Gasteiger charge is -2.29. The highest BCUT2D eigenvalue weighted by molar-refractivity contribution is 7.11. The predicted octanol–water partition coefficient (Wildman–Crippen LogP) is 3.50. The van der Waals surface area contributed by atoms with E-state index in [4.69, 9.17) is 5.11 Å². The SMILES string of the molecule is O=C(O)CC1(Nc2snc3ccccc23)CCCC1. The van der Waals surface area contributed by atoms with Gasteiger partial charge in [0.15, 0.2) is 0 Å². The average molecular weight is 276 g/mol. The fourth-order valence-corrected chi connectivity index (χ4v) is 3.79. The molecule has 1 heterocycles. The zero-order valence-electron chi connectivity index (χ0n) is 10.6. The Morgan fingerprint density at radius 1 is 1.37 bits per heavy atom. The summed E-state index contributed by atoms with van der Waals surface area (Å²) in [7, 11) is 0. The fraction of sp³-hybridized carbons (Fsp3) is 0.429. The van der Waals surface area contributed by atoms with Gasteiger partial charge in [-0.3, -0.25) is 4.79 Å². The lowest BCUT2D eigenvalue weighted by atomic mass is 9.93. The van der Waals surface area contributed by atoms with Crippen LogP contribution in [-0.2, 0) is 4.79 Å². The predicted molar refractivity (Wildman–Crippen MR) is 76.7 cm³/mol. The van der Waals surface area contributed by atoms with E-state index >= 15 is 0 Å². The zero-order chi connectivity index (χ0) is 13.3. The summed E-state index contributed by atoms with van der Waals surface area (Å²) in [6.45, 7) is 0. The number of benzene rings is 1. The molecule has 0 bridgehead atoms. The molecule has 0 unspecified atom stereocenters. The number of anilines is 1. The first-order valence-electron chi connectivity index (χ1n) is 6.53. The van der Waals surface area contributed by atoms with Crippen LogP contribution < -0.4 is 5.32 Å². The molecule has 0 saturated heterocycles. The standard InChI is InChI=1S/C14H16N2O2S/c17-12(18)9-14(7-3-4-8-14)15-13-10-5-1-2-6-11(10)16-19-13/h1-2,5-6,15H,3-4,7-9H2,(H,17,18). The molecule has 0 atom stereocenters. The fourth-order valence-electron chi connectivity index (χ4n) is 2.91. The van der Waals surface area contributed by atoms with Crippen LogP contribution in [0.4, 0.5) is 5.00 Å². The van der Waals surface area contributed by atoms with Crippen molar-refractivity contribution in [2.24, 2.45) is 0 Å². The monoisotopic (exact) mass is 276 g/mol. The summed E-state index contributed by atoms with van der Waals surface area (Å²) < 4.78 is 4.40. The highest BCUT2D eigenvalue weighted by Crippen LogP contribution is 2.39. The molecule has 1 saturated carbocycles. The molecular formula is C14H16N2O2S. The molecule has 0 amide bonds. The number of nitrogens with one attached hydrogen (secondary N) is 1. The van der Waals surface area contributed by atoms with E-state index in [2.05, 4.69) is 9.69 Å². The van der Waals surface area contributed by atoms with Gasteiger partial charge in [0, 0.05) is 10.9 Å². The normalized spacial score (nSPS) is 17.7. The molecule has 1 aliphatic rings.